The number of carbonyl (C=O) groups excluding carboxylic acids is 1. The van der Waals surface area contributed by atoms with E-state index in [1.807, 2.05) is 0 Å². The second-order valence-electron chi connectivity index (χ2n) is 6.17. The lowest BCUT2D eigenvalue weighted by Gasteiger charge is -2.24. The van der Waals surface area contributed by atoms with E-state index in [0.717, 1.165) is 0 Å². The van der Waals surface area contributed by atoms with Gasteiger partial charge >= 0.3 is 0 Å². The van der Waals surface area contributed by atoms with Crippen LogP contribution in [-0.2, 0) is 19.0 Å². The Morgan fingerprint density at radius 1 is 1.38 bits per heavy atom. The molecule has 1 heterocycles. The monoisotopic (exact) mass is 342 g/mol. The maximum absolute atomic E-state index is 12.3. The van der Waals surface area contributed by atoms with Crippen molar-refractivity contribution in [2.45, 2.75) is 44.5 Å². The normalized spacial score (nSPS) is 23.7. The summed E-state index contributed by atoms with van der Waals surface area (Å²) in [5.41, 5.74) is 0. The number of aliphatic hydroxyl groups excluding tert-OH is 2. The lowest BCUT2D eigenvalue weighted by Crippen LogP contribution is -2.33. The molecule has 1 fully saturated rings. The van der Waals surface area contributed by atoms with Gasteiger partial charge in [-0.3, -0.25) is 4.79 Å². The van der Waals surface area contributed by atoms with Crippen molar-refractivity contribution < 1.29 is 29.2 Å². The Bertz CT molecular complexity index is 441. The second-order valence-corrected chi connectivity index (χ2v) is 6.17. The van der Waals surface area contributed by atoms with Gasteiger partial charge < -0.3 is 24.4 Å². The van der Waals surface area contributed by atoms with E-state index >= 15 is 0 Å². The summed E-state index contributed by atoms with van der Waals surface area (Å²) in [5.74, 6) is -1.03. The van der Waals surface area contributed by atoms with Gasteiger partial charge in [-0.25, -0.2) is 0 Å². The molecule has 3 atom stereocenters. The largest absolute Gasteiger partial charge is 0.489 e. The number of ether oxygens (including phenoxy) is 3. The van der Waals surface area contributed by atoms with Crippen molar-refractivity contribution in [3.05, 3.63) is 24.5 Å². The van der Waals surface area contributed by atoms with Crippen LogP contribution in [0.2, 0.25) is 0 Å². The molecule has 0 saturated carbocycles. The SMILES string of the molecule is C=CC(CCO)CC1CC(OC)(OC)/C(=C/C(=O)C(C)CCO)O1. The van der Waals surface area contributed by atoms with Crippen LogP contribution in [0.3, 0.4) is 0 Å². The maximum atomic E-state index is 12.3. The molecule has 1 aliphatic rings. The van der Waals surface area contributed by atoms with Gasteiger partial charge in [-0.15, -0.1) is 6.58 Å². The second kappa shape index (κ2) is 9.93. The molecule has 6 nitrogen and oxygen atoms in total. The molecule has 1 rings (SSSR count). The minimum Gasteiger partial charge on any atom is -0.489 e. The molecule has 0 spiro atoms. The van der Waals surface area contributed by atoms with E-state index in [4.69, 9.17) is 24.4 Å². The summed E-state index contributed by atoms with van der Waals surface area (Å²) in [7, 11) is 3.03. The van der Waals surface area contributed by atoms with Gasteiger partial charge in [-0.1, -0.05) is 13.0 Å². The fourth-order valence-corrected chi connectivity index (χ4v) is 2.88. The average Bonchev–Trinajstić information content (AvgIpc) is 2.92. The van der Waals surface area contributed by atoms with Crippen LogP contribution in [-0.4, -0.2) is 55.3 Å². The van der Waals surface area contributed by atoms with Crippen molar-refractivity contribution in [2.24, 2.45) is 11.8 Å². The number of ketones is 1. The number of aliphatic hydroxyl groups is 2. The average molecular weight is 342 g/mol. The van der Waals surface area contributed by atoms with Gasteiger partial charge in [0.05, 0.1) is 0 Å². The number of carbonyl (C=O) groups is 1. The molecule has 2 N–H and O–H groups in total. The fraction of sp³-hybridized carbons (Fsp3) is 0.722. The van der Waals surface area contributed by atoms with Gasteiger partial charge in [0, 0.05) is 45.8 Å². The number of methoxy groups -OCH3 is 2. The van der Waals surface area contributed by atoms with Crippen LogP contribution in [0, 0.1) is 11.8 Å². The van der Waals surface area contributed by atoms with E-state index in [-0.39, 0.29) is 36.9 Å². The summed E-state index contributed by atoms with van der Waals surface area (Å²) < 4.78 is 17.0. The fourth-order valence-electron chi connectivity index (χ4n) is 2.88. The zero-order valence-electron chi connectivity index (χ0n) is 14.9. The summed E-state index contributed by atoms with van der Waals surface area (Å²) >= 11 is 0. The zero-order chi connectivity index (χ0) is 18.2. The van der Waals surface area contributed by atoms with E-state index < -0.39 is 5.79 Å². The smallest absolute Gasteiger partial charge is 0.230 e. The van der Waals surface area contributed by atoms with Gasteiger partial charge in [-0.05, 0) is 25.2 Å². The molecule has 3 unspecified atom stereocenters. The summed E-state index contributed by atoms with van der Waals surface area (Å²) in [4.78, 5) is 12.3. The van der Waals surface area contributed by atoms with E-state index in [1.54, 1.807) is 13.0 Å². The molecule has 0 aromatic rings. The van der Waals surface area contributed by atoms with Crippen molar-refractivity contribution in [2.75, 3.05) is 27.4 Å². The number of hydrogen-bond donors (Lipinski definition) is 2. The molecule has 24 heavy (non-hydrogen) atoms. The van der Waals surface area contributed by atoms with Gasteiger partial charge in [0.1, 0.15) is 6.10 Å². The Balaban J connectivity index is 2.92. The van der Waals surface area contributed by atoms with Crippen molar-refractivity contribution in [3.63, 3.8) is 0 Å². The van der Waals surface area contributed by atoms with Crippen LogP contribution in [0.5, 0.6) is 0 Å². The zero-order valence-corrected chi connectivity index (χ0v) is 14.9. The molecule has 0 radical (unpaired) electrons. The lowest BCUT2D eigenvalue weighted by molar-refractivity contribution is -0.178. The molecule has 0 bridgehead atoms. The van der Waals surface area contributed by atoms with Crippen molar-refractivity contribution in [1.29, 1.82) is 0 Å². The van der Waals surface area contributed by atoms with Crippen molar-refractivity contribution in [3.8, 4) is 0 Å². The highest BCUT2D eigenvalue weighted by atomic mass is 16.7. The van der Waals surface area contributed by atoms with Crippen molar-refractivity contribution >= 4 is 5.78 Å². The van der Waals surface area contributed by atoms with Gasteiger partial charge in [-0.2, -0.15) is 0 Å². The summed E-state index contributed by atoms with van der Waals surface area (Å²) in [6, 6.07) is 0. The third-order valence-corrected chi connectivity index (χ3v) is 4.54. The first-order chi connectivity index (χ1) is 11.5. The molecule has 1 saturated heterocycles. The summed E-state index contributed by atoms with van der Waals surface area (Å²) in [5, 5.41) is 18.1. The third kappa shape index (κ3) is 5.14. The van der Waals surface area contributed by atoms with Crippen molar-refractivity contribution in [1.82, 2.24) is 0 Å². The Labute approximate surface area is 144 Å². The predicted octanol–water partition coefficient (Wildman–Crippen LogP) is 1.81. The van der Waals surface area contributed by atoms with Crippen LogP contribution in [0.4, 0.5) is 0 Å². The Kier molecular flexibility index (Phi) is 8.62. The number of allylic oxidation sites excluding steroid dienone is 2. The van der Waals surface area contributed by atoms with E-state index in [1.165, 1.54) is 20.3 Å². The highest BCUT2D eigenvalue weighted by Crippen LogP contribution is 2.40. The minimum absolute atomic E-state index is 0.0402. The Morgan fingerprint density at radius 3 is 2.50 bits per heavy atom. The number of rotatable bonds is 11. The molecule has 0 aromatic carbocycles. The van der Waals surface area contributed by atoms with Crippen LogP contribution in [0.25, 0.3) is 0 Å². The molecule has 138 valence electrons. The predicted molar refractivity (Wildman–Crippen MR) is 90.2 cm³/mol. The molecular weight excluding hydrogens is 312 g/mol. The van der Waals surface area contributed by atoms with E-state index in [0.29, 0.717) is 31.4 Å². The van der Waals surface area contributed by atoms with E-state index in [2.05, 4.69) is 6.58 Å². The summed E-state index contributed by atoms with van der Waals surface area (Å²) in [6.45, 7) is 5.60. The van der Waals surface area contributed by atoms with Crippen LogP contribution in [0.15, 0.2) is 24.5 Å². The first-order valence-corrected chi connectivity index (χ1v) is 8.33. The standard InChI is InChI=1S/C18H30O6/c1-5-14(7-9-20)10-15-12-18(22-3,23-4)17(24-15)11-16(21)13(2)6-8-19/h5,11,13-15,19-20H,1,6-10,12H2,2-4H3/b17-11-. The van der Waals surface area contributed by atoms with Gasteiger partial charge in [0.15, 0.2) is 11.5 Å². The highest BCUT2D eigenvalue weighted by molar-refractivity contribution is 5.92. The minimum atomic E-state index is -1.08. The first kappa shape index (κ1) is 20.8. The summed E-state index contributed by atoms with van der Waals surface area (Å²) in [6.07, 6.45) is 5.17. The van der Waals surface area contributed by atoms with Gasteiger partial charge in [0.2, 0.25) is 5.79 Å². The van der Waals surface area contributed by atoms with Gasteiger partial charge in [0.25, 0.3) is 0 Å². The molecule has 1 aliphatic heterocycles. The van der Waals surface area contributed by atoms with Crippen LogP contribution >= 0.6 is 0 Å². The maximum Gasteiger partial charge on any atom is 0.230 e. The lowest BCUT2D eigenvalue weighted by atomic mass is 9.95. The molecule has 6 heteroatoms. The first-order valence-electron chi connectivity index (χ1n) is 8.33. The quantitative estimate of drug-likeness (QED) is 0.338. The van der Waals surface area contributed by atoms with Crippen LogP contribution in [0.1, 0.15) is 32.6 Å². The number of hydrogen-bond acceptors (Lipinski definition) is 6. The highest BCUT2D eigenvalue weighted by Gasteiger charge is 2.47. The molecule has 0 amide bonds. The third-order valence-electron chi connectivity index (χ3n) is 4.54. The topological polar surface area (TPSA) is 85.2 Å². The Hall–Kier alpha value is -1.21. The molecular formula is C18H30O6. The van der Waals surface area contributed by atoms with E-state index in [9.17, 15) is 4.79 Å². The molecule has 0 aliphatic carbocycles. The van der Waals surface area contributed by atoms with Crippen LogP contribution < -0.4 is 0 Å². The molecule has 0 aromatic heterocycles. The Morgan fingerprint density at radius 2 is 2.00 bits per heavy atom.